The van der Waals surface area contributed by atoms with Crippen LogP contribution in [0.15, 0.2) is 53.9 Å². The summed E-state index contributed by atoms with van der Waals surface area (Å²) in [7, 11) is 0. The molecule has 0 spiro atoms. The average molecular weight is 376 g/mol. The van der Waals surface area contributed by atoms with Gasteiger partial charge in [-0.15, -0.1) is 11.3 Å². The number of piperazine rings is 1. The van der Waals surface area contributed by atoms with E-state index in [1.54, 1.807) is 29.5 Å². The van der Waals surface area contributed by atoms with Crippen LogP contribution in [-0.4, -0.2) is 43.5 Å². The maximum absolute atomic E-state index is 12.4. The van der Waals surface area contributed by atoms with E-state index in [9.17, 15) is 4.79 Å². The molecule has 1 aliphatic rings. The fourth-order valence-electron chi connectivity index (χ4n) is 3.48. The van der Waals surface area contributed by atoms with Crippen molar-refractivity contribution in [3.05, 3.63) is 59.5 Å². The predicted molar refractivity (Wildman–Crippen MR) is 110 cm³/mol. The van der Waals surface area contributed by atoms with Gasteiger partial charge in [0.15, 0.2) is 0 Å². The molecule has 2 heterocycles. The van der Waals surface area contributed by atoms with Gasteiger partial charge in [-0.25, -0.2) is 0 Å². The lowest BCUT2D eigenvalue weighted by atomic mass is 10.2. The summed E-state index contributed by atoms with van der Waals surface area (Å²) in [5.41, 5.74) is 2.34. The molecule has 27 heavy (non-hydrogen) atoms. The molecule has 0 radical (unpaired) electrons. The zero-order valence-electron chi connectivity index (χ0n) is 14.9. The van der Waals surface area contributed by atoms with Crippen molar-refractivity contribution in [3.8, 4) is 6.07 Å². The Morgan fingerprint density at radius 3 is 2.70 bits per heavy atom. The third kappa shape index (κ3) is 3.80. The maximum Gasteiger partial charge on any atom is 0.238 e. The van der Waals surface area contributed by atoms with Crippen LogP contribution in [0.25, 0.3) is 10.1 Å². The van der Waals surface area contributed by atoms with Crippen molar-refractivity contribution in [2.45, 2.75) is 0 Å². The molecule has 1 aliphatic heterocycles. The van der Waals surface area contributed by atoms with Gasteiger partial charge in [0.1, 0.15) is 6.07 Å². The van der Waals surface area contributed by atoms with Gasteiger partial charge in [0.2, 0.25) is 5.91 Å². The van der Waals surface area contributed by atoms with Gasteiger partial charge in [0.05, 0.1) is 17.8 Å². The molecule has 0 bridgehead atoms. The minimum absolute atomic E-state index is 0.0777. The van der Waals surface area contributed by atoms with Crippen LogP contribution in [0.5, 0.6) is 0 Å². The first-order chi connectivity index (χ1) is 13.2. The first-order valence-electron chi connectivity index (χ1n) is 8.97. The van der Waals surface area contributed by atoms with Crippen molar-refractivity contribution in [1.29, 1.82) is 5.26 Å². The zero-order valence-corrected chi connectivity index (χ0v) is 15.7. The number of carbonyl (C=O) groups is 1. The van der Waals surface area contributed by atoms with Crippen LogP contribution >= 0.6 is 11.3 Å². The molecular formula is C21H20N4OS. The summed E-state index contributed by atoms with van der Waals surface area (Å²) >= 11 is 1.77. The number of carbonyl (C=O) groups excluding carboxylic acids is 1. The molecule has 4 rings (SSSR count). The minimum Gasteiger partial charge on any atom is -0.368 e. The molecule has 1 N–H and O–H groups in total. The molecule has 2 aromatic carbocycles. The van der Waals surface area contributed by atoms with Crippen molar-refractivity contribution in [1.82, 2.24) is 4.90 Å². The predicted octanol–water partition coefficient (Wildman–Crippen LogP) is 3.53. The Morgan fingerprint density at radius 1 is 1.07 bits per heavy atom. The molecule has 1 amide bonds. The summed E-state index contributed by atoms with van der Waals surface area (Å²) in [6.45, 7) is 3.83. The number of nitrogens with one attached hydrogen (secondary N) is 1. The number of nitriles is 1. The van der Waals surface area contributed by atoms with Gasteiger partial charge in [0.25, 0.3) is 0 Å². The van der Waals surface area contributed by atoms with Gasteiger partial charge in [-0.05, 0) is 35.7 Å². The smallest absolute Gasteiger partial charge is 0.238 e. The van der Waals surface area contributed by atoms with Crippen LogP contribution in [0.3, 0.4) is 0 Å². The van der Waals surface area contributed by atoms with E-state index in [1.165, 1.54) is 15.8 Å². The molecule has 136 valence electrons. The monoisotopic (exact) mass is 376 g/mol. The fraction of sp³-hybridized carbons (Fsp3) is 0.238. The summed E-state index contributed by atoms with van der Waals surface area (Å²) in [5, 5.41) is 15.4. The van der Waals surface area contributed by atoms with Gasteiger partial charge in [-0.2, -0.15) is 5.26 Å². The summed E-state index contributed by atoms with van der Waals surface area (Å²) in [6, 6.07) is 17.8. The highest BCUT2D eigenvalue weighted by molar-refractivity contribution is 7.17. The lowest BCUT2D eigenvalue weighted by Crippen LogP contribution is -2.48. The van der Waals surface area contributed by atoms with Crippen LogP contribution in [0.2, 0.25) is 0 Å². The molecule has 0 atom stereocenters. The first-order valence-corrected chi connectivity index (χ1v) is 9.85. The van der Waals surface area contributed by atoms with Crippen LogP contribution in [0, 0.1) is 11.3 Å². The second-order valence-corrected chi connectivity index (χ2v) is 7.53. The van der Waals surface area contributed by atoms with Crippen molar-refractivity contribution in [3.63, 3.8) is 0 Å². The van der Waals surface area contributed by atoms with E-state index < -0.39 is 0 Å². The molecule has 0 unspecified atom stereocenters. The molecule has 0 aliphatic carbocycles. The van der Waals surface area contributed by atoms with E-state index in [2.05, 4.69) is 50.8 Å². The lowest BCUT2D eigenvalue weighted by molar-refractivity contribution is -0.117. The number of thiophene rings is 1. The summed E-state index contributed by atoms with van der Waals surface area (Å²) in [4.78, 5) is 16.9. The Kier molecular flexibility index (Phi) is 5.05. The van der Waals surface area contributed by atoms with Gasteiger partial charge in [0, 0.05) is 42.0 Å². The Labute approximate surface area is 162 Å². The first kappa shape index (κ1) is 17.5. The maximum atomic E-state index is 12.4. The van der Waals surface area contributed by atoms with Crippen LogP contribution in [0.4, 0.5) is 11.4 Å². The van der Waals surface area contributed by atoms with Crippen molar-refractivity contribution in [2.75, 3.05) is 42.9 Å². The van der Waals surface area contributed by atoms with Gasteiger partial charge < -0.3 is 10.2 Å². The van der Waals surface area contributed by atoms with Crippen molar-refractivity contribution in [2.24, 2.45) is 0 Å². The number of anilines is 2. The van der Waals surface area contributed by atoms with E-state index >= 15 is 0 Å². The highest BCUT2D eigenvalue weighted by atomic mass is 32.1. The zero-order chi connectivity index (χ0) is 18.6. The third-order valence-electron chi connectivity index (χ3n) is 4.87. The van der Waals surface area contributed by atoms with Gasteiger partial charge >= 0.3 is 0 Å². The van der Waals surface area contributed by atoms with E-state index in [0.29, 0.717) is 17.8 Å². The molecule has 3 aromatic rings. The topological polar surface area (TPSA) is 59.4 Å². The third-order valence-corrected chi connectivity index (χ3v) is 5.76. The second-order valence-electron chi connectivity index (χ2n) is 6.58. The highest BCUT2D eigenvalue weighted by Gasteiger charge is 2.20. The number of hydrogen-bond acceptors (Lipinski definition) is 5. The molecule has 1 fully saturated rings. The number of benzene rings is 2. The van der Waals surface area contributed by atoms with Crippen molar-refractivity contribution >= 4 is 38.7 Å². The molecule has 5 nitrogen and oxygen atoms in total. The van der Waals surface area contributed by atoms with E-state index in [4.69, 9.17) is 5.26 Å². The van der Waals surface area contributed by atoms with Crippen LogP contribution in [-0.2, 0) is 4.79 Å². The number of amides is 1. The molecular weight excluding hydrogens is 356 g/mol. The largest absolute Gasteiger partial charge is 0.368 e. The average Bonchev–Trinajstić information content (AvgIpc) is 3.18. The Hall–Kier alpha value is -2.88. The Bertz CT molecular complexity index is 999. The lowest BCUT2D eigenvalue weighted by Gasteiger charge is -2.36. The summed E-state index contributed by atoms with van der Waals surface area (Å²) in [6.07, 6.45) is 0. The standard InChI is InChI=1S/C21H20N4OS/c22-14-16-4-1-2-5-18(16)23-21(26)15-24-9-11-25(12-10-24)19-6-3-7-20-17(19)8-13-27-20/h1-8,13H,9-12,15H2,(H,23,26). The quantitative estimate of drug-likeness (QED) is 0.757. The molecule has 0 saturated carbocycles. The summed E-state index contributed by atoms with van der Waals surface area (Å²) < 4.78 is 1.31. The van der Waals surface area contributed by atoms with E-state index in [0.717, 1.165) is 26.2 Å². The fourth-order valence-corrected chi connectivity index (χ4v) is 4.29. The van der Waals surface area contributed by atoms with E-state index in [1.807, 2.05) is 6.07 Å². The van der Waals surface area contributed by atoms with E-state index in [-0.39, 0.29) is 5.91 Å². The number of rotatable bonds is 4. The second kappa shape index (κ2) is 7.78. The molecule has 1 saturated heterocycles. The van der Waals surface area contributed by atoms with Crippen LogP contribution in [0.1, 0.15) is 5.56 Å². The number of fused-ring (bicyclic) bond motifs is 1. The SMILES string of the molecule is N#Cc1ccccc1NC(=O)CN1CCN(c2cccc3sccc23)CC1. The molecule has 1 aromatic heterocycles. The van der Waals surface area contributed by atoms with Crippen molar-refractivity contribution < 1.29 is 4.79 Å². The normalized spacial score (nSPS) is 14.9. The number of nitrogens with zero attached hydrogens (tertiary/aromatic N) is 3. The van der Waals surface area contributed by atoms with Crippen LogP contribution < -0.4 is 10.2 Å². The highest BCUT2D eigenvalue weighted by Crippen LogP contribution is 2.31. The minimum atomic E-state index is -0.0777. The number of hydrogen-bond donors (Lipinski definition) is 1. The Morgan fingerprint density at radius 2 is 1.89 bits per heavy atom. The van der Waals surface area contributed by atoms with Gasteiger partial charge in [-0.3, -0.25) is 9.69 Å². The Balaban J connectivity index is 1.35. The molecule has 6 heteroatoms. The number of para-hydroxylation sites is 1. The summed E-state index contributed by atoms with van der Waals surface area (Å²) in [5.74, 6) is -0.0777. The van der Waals surface area contributed by atoms with Gasteiger partial charge in [-0.1, -0.05) is 18.2 Å².